The quantitative estimate of drug-likeness (QED) is 0.837. The van der Waals surface area contributed by atoms with Gasteiger partial charge in [-0.1, -0.05) is 6.07 Å². The van der Waals surface area contributed by atoms with Crippen molar-refractivity contribution in [2.24, 2.45) is 0 Å². The summed E-state index contributed by atoms with van der Waals surface area (Å²) in [4.78, 5) is 14.0. The maximum Gasteiger partial charge on any atom is 0.174 e. The van der Waals surface area contributed by atoms with E-state index >= 15 is 0 Å². The molecule has 1 saturated heterocycles. The first-order valence-electron chi connectivity index (χ1n) is 12.1. The lowest BCUT2D eigenvalue weighted by Gasteiger charge is -2.62. The van der Waals surface area contributed by atoms with Gasteiger partial charge in [0.2, 0.25) is 0 Å². The van der Waals surface area contributed by atoms with Crippen LogP contribution in [0.2, 0.25) is 0 Å². The summed E-state index contributed by atoms with van der Waals surface area (Å²) in [6.07, 6.45) is -5.52. The van der Waals surface area contributed by atoms with Crippen LogP contribution in [0.1, 0.15) is 42.7 Å². The number of carbonyl (C=O) groups is 1. The molecule has 5 nitrogen and oxygen atoms in total. The molecule has 1 aromatic rings. The van der Waals surface area contributed by atoms with E-state index in [-0.39, 0.29) is 48.4 Å². The van der Waals surface area contributed by atoms with Crippen molar-refractivity contribution in [3.8, 4) is 11.5 Å². The molecule has 0 radical (unpaired) electrons. The summed E-state index contributed by atoms with van der Waals surface area (Å²) in [5.41, 5.74) is -3.92. The molecule has 1 saturated carbocycles. The van der Waals surface area contributed by atoms with Crippen molar-refractivity contribution >= 4 is 5.78 Å². The summed E-state index contributed by atoms with van der Waals surface area (Å²) in [5, 5.41) is 12.1. The average Bonchev–Trinajstić information content (AvgIpc) is 2.90. The van der Waals surface area contributed by atoms with E-state index in [0.29, 0.717) is 0 Å². The van der Waals surface area contributed by atoms with Crippen molar-refractivity contribution in [3.63, 3.8) is 0 Å². The molecular weight excluding hydrogens is 294 g/mol. The minimum Gasteiger partial charge on any atom is -0.493 e. The molecule has 1 N–H and O–H groups in total. The van der Waals surface area contributed by atoms with Gasteiger partial charge in [-0.3, -0.25) is 4.79 Å². The predicted octanol–water partition coefficient (Wildman–Crippen LogP) is 1.05. The minimum absolute atomic E-state index is 0.0243. The normalized spacial score (nSPS) is 52.8. The second kappa shape index (κ2) is 4.08. The van der Waals surface area contributed by atoms with Gasteiger partial charge in [-0.25, -0.2) is 0 Å². The number of ether oxygens (including phenoxy) is 2. The van der Waals surface area contributed by atoms with Gasteiger partial charge < -0.3 is 19.5 Å². The number of ketones is 1. The summed E-state index contributed by atoms with van der Waals surface area (Å²) in [6, 6.07) is 0.872. The Bertz CT molecular complexity index is 1040. The highest BCUT2D eigenvalue weighted by molar-refractivity contribution is 5.90. The Morgan fingerprint density at radius 2 is 2.48 bits per heavy atom. The molecule has 2 aliphatic carbocycles. The molecule has 1 aromatic carbocycles. The Balaban J connectivity index is 1.87. The fourth-order valence-electron chi connectivity index (χ4n) is 4.78. The number of likely N-dealkylation sites (tertiary alicyclic amines) is 1. The molecule has 1 unspecified atom stereocenters. The molecule has 2 fully saturated rings. The monoisotopic (exact) mass is 324 g/mol. The van der Waals surface area contributed by atoms with Crippen molar-refractivity contribution in [1.29, 1.82) is 0 Å². The average molecular weight is 324 g/mol. The van der Waals surface area contributed by atoms with Crippen molar-refractivity contribution in [2.75, 3.05) is 20.6 Å². The molecule has 2 aliphatic heterocycles. The Kier molecular flexibility index (Phi) is 1.34. The number of piperidine rings is 1. The molecule has 5 heteroatoms. The zero-order chi connectivity index (χ0) is 23.7. The van der Waals surface area contributed by atoms with Gasteiger partial charge >= 0.3 is 0 Å². The van der Waals surface area contributed by atoms with E-state index in [1.807, 2.05) is 0 Å². The number of aliphatic hydroxyl groups is 1. The fraction of sp³-hybridized carbons (Fsp3) is 0.611. The predicted molar refractivity (Wildman–Crippen MR) is 83.0 cm³/mol. The highest BCUT2D eigenvalue weighted by atomic mass is 16.5. The number of rotatable bonds is 1. The van der Waals surface area contributed by atoms with E-state index in [4.69, 9.17) is 21.8 Å². The third-order valence-corrected chi connectivity index (χ3v) is 5.76. The standard InChI is InChI=1S/C18H21NO4/c1-19-8-7-17-14-10-3-4-12(22-2)15(14)23-16(17)11(20)5-6-18(17,21)13(19)9-10/h3-4,13,16,21H,5-9H2,1-2H3/t13-,16?,17+,18-/m1/s1/i1D3,2D3,9D2,16D. The zero-order valence-electron chi connectivity index (χ0n) is 21.2. The van der Waals surface area contributed by atoms with Gasteiger partial charge in [0, 0.05) is 24.9 Å². The zero-order valence-corrected chi connectivity index (χ0v) is 12.2. The van der Waals surface area contributed by atoms with Crippen molar-refractivity contribution in [1.82, 2.24) is 4.90 Å². The van der Waals surface area contributed by atoms with E-state index in [1.54, 1.807) is 0 Å². The van der Waals surface area contributed by atoms with Crippen LogP contribution in [0.25, 0.3) is 0 Å². The fourth-order valence-corrected chi connectivity index (χ4v) is 4.78. The number of hydrogen-bond donors (Lipinski definition) is 1. The largest absolute Gasteiger partial charge is 0.493 e. The Morgan fingerprint density at radius 1 is 1.57 bits per heavy atom. The number of carbonyl (C=O) groups excluding carboxylic acids is 1. The molecule has 122 valence electrons. The van der Waals surface area contributed by atoms with Crippen LogP contribution in [0.3, 0.4) is 0 Å². The molecule has 1 spiro atoms. The van der Waals surface area contributed by atoms with E-state index < -0.39 is 49.3 Å². The molecular formula is C18H21NO4. The summed E-state index contributed by atoms with van der Waals surface area (Å²) < 4.78 is 83.7. The number of hydrogen-bond acceptors (Lipinski definition) is 5. The summed E-state index contributed by atoms with van der Waals surface area (Å²) in [7, 11) is -2.88. The first kappa shape index (κ1) is 7.53. The lowest BCUT2D eigenvalue weighted by Crippen LogP contribution is -2.76. The van der Waals surface area contributed by atoms with E-state index in [1.165, 1.54) is 12.1 Å². The van der Waals surface area contributed by atoms with Crippen LogP contribution < -0.4 is 9.47 Å². The molecule has 4 atom stereocenters. The van der Waals surface area contributed by atoms with Crippen molar-refractivity contribution in [3.05, 3.63) is 23.3 Å². The van der Waals surface area contributed by atoms with Crippen LogP contribution in [0.5, 0.6) is 11.5 Å². The Labute approximate surface area is 147 Å². The second-order valence-corrected chi connectivity index (χ2v) is 6.59. The minimum atomic E-state index is -2.88. The highest BCUT2D eigenvalue weighted by Crippen LogP contribution is 2.64. The Morgan fingerprint density at radius 3 is 3.30 bits per heavy atom. The van der Waals surface area contributed by atoms with Gasteiger partial charge in [-0.15, -0.1) is 0 Å². The van der Waals surface area contributed by atoms with E-state index in [9.17, 15) is 9.90 Å². The first-order chi connectivity index (χ1) is 14.5. The van der Waals surface area contributed by atoms with Crippen LogP contribution in [-0.2, 0) is 16.6 Å². The van der Waals surface area contributed by atoms with Gasteiger partial charge in [0.05, 0.1) is 23.5 Å². The van der Waals surface area contributed by atoms with Crippen LogP contribution >= 0.6 is 0 Å². The SMILES string of the molecule is [2H]C([2H])([2H])Oc1ccc2c3c1OC1([2H])C(=O)CC[C@@]4(O)[C@H](N(C([2H])([2H])[2H])CC[C@]314)C2([2H])[2H]. The van der Waals surface area contributed by atoms with Gasteiger partial charge in [0.1, 0.15) is 0 Å². The summed E-state index contributed by atoms with van der Waals surface area (Å²) in [5.74, 6) is -1.19. The number of methoxy groups -OCH3 is 1. The smallest absolute Gasteiger partial charge is 0.174 e. The lowest BCUT2D eigenvalue weighted by atomic mass is 9.49. The highest BCUT2D eigenvalue weighted by Gasteiger charge is 2.72. The number of likely N-dealkylation sites (N-methyl/N-ethyl adjacent to an activating group) is 1. The third kappa shape index (κ3) is 1.32. The summed E-state index contributed by atoms with van der Waals surface area (Å²) >= 11 is 0. The molecule has 2 bridgehead atoms. The molecule has 0 aromatic heterocycles. The van der Waals surface area contributed by atoms with E-state index in [0.717, 1.165) is 4.90 Å². The molecule has 23 heavy (non-hydrogen) atoms. The number of benzene rings is 1. The van der Waals surface area contributed by atoms with Gasteiger partial charge in [-0.2, -0.15) is 0 Å². The van der Waals surface area contributed by atoms with Gasteiger partial charge in [0.25, 0.3) is 0 Å². The van der Waals surface area contributed by atoms with Crippen molar-refractivity contribution < 1.29 is 31.7 Å². The molecule has 4 aliphatic rings. The number of Topliss-reactive ketones (excluding diaryl/α,β-unsaturated/α-hetero) is 1. The van der Waals surface area contributed by atoms with Crippen LogP contribution in [0.15, 0.2) is 12.1 Å². The van der Waals surface area contributed by atoms with Crippen LogP contribution in [0.4, 0.5) is 0 Å². The summed E-state index contributed by atoms with van der Waals surface area (Å²) in [6.45, 7) is -2.95. The molecule has 2 heterocycles. The van der Waals surface area contributed by atoms with E-state index in [2.05, 4.69) is 0 Å². The second-order valence-electron chi connectivity index (χ2n) is 6.59. The van der Waals surface area contributed by atoms with Gasteiger partial charge in [0.15, 0.2) is 23.4 Å². The number of nitrogens with zero attached hydrogens (tertiary/aromatic N) is 1. The van der Waals surface area contributed by atoms with Crippen LogP contribution in [0, 0.1) is 0 Å². The lowest BCUT2D eigenvalue weighted by molar-refractivity contribution is -0.185. The Hall–Kier alpha value is -1.59. The third-order valence-electron chi connectivity index (χ3n) is 5.76. The molecule has 0 amide bonds. The first-order valence-corrected chi connectivity index (χ1v) is 7.59. The topological polar surface area (TPSA) is 59.0 Å². The maximum atomic E-state index is 13.0. The van der Waals surface area contributed by atoms with Gasteiger partial charge in [-0.05, 0) is 44.4 Å². The van der Waals surface area contributed by atoms with Crippen LogP contribution in [-0.4, -0.2) is 54.1 Å². The maximum absolute atomic E-state index is 13.0. The van der Waals surface area contributed by atoms with Crippen molar-refractivity contribution in [2.45, 2.75) is 48.8 Å². The molecule has 5 rings (SSSR count).